The molecule has 0 spiro atoms. The molecule has 8 nitrogen and oxygen atoms in total. The number of aliphatic hydroxyl groups excluding tert-OH is 1. The molecule has 2 aromatic carbocycles. The van der Waals surface area contributed by atoms with Crippen molar-refractivity contribution in [2.24, 2.45) is 0 Å². The fourth-order valence-electron chi connectivity index (χ4n) is 4.12. The van der Waals surface area contributed by atoms with Crippen LogP contribution in [0.15, 0.2) is 48.5 Å². The van der Waals surface area contributed by atoms with E-state index in [1.54, 1.807) is 0 Å². The highest BCUT2D eigenvalue weighted by Crippen LogP contribution is 2.44. The summed E-state index contributed by atoms with van der Waals surface area (Å²) < 4.78 is 5.51. The number of fused-ring (bicyclic) bond motifs is 3. The van der Waals surface area contributed by atoms with Crippen LogP contribution in [0.1, 0.15) is 49.7 Å². The molecule has 176 valence electrons. The van der Waals surface area contributed by atoms with Crippen LogP contribution in [0.4, 0.5) is 4.79 Å². The molecule has 1 unspecified atom stereocenters. The van der Waals surface area contributed by atoms with E-state index in [4.69, 9.17) is 9.84 Å². The number of alkyl carbamates (subject to hydrolysis) is 1. The molecule has 33 heavy (non-hydrogen) atoms. The number of hydrogen-bond acceptors (Lipinski definition) is 5. The molecule has 2 atom stereocenters. The number of hydrogen-bond donors (Lipinski definition) is 4. The fourth-order valence-corrected chi connectivity index (χ4v) is 4.12. The quantitative estimate of drug-likeness (QED) is 0.414. The predicted octanol–water partition coefficient (Wildman–Crippen LogP) is 3.04. The Hall–Kier alpha value is -3.39. The Morgan fingerprint density at radius 1 is 0.939 bits per heavy atom. The van der Waals surface area contributed by atoms with Crippen molar-refractivity contribution in [3.05, 3.63) is 59.7 Å². The summed E-state index contributed by atoms with van der Waals surface area (Å²) >= 11 is 0. The minimum atomic E-state index is -1.24. The Balaban J connectivity index is 1.65. The lowest BCUT2D eigenvalue weighted by atomic mass is 9.98. The van der Waals surface area contributed by atoms with Crippen LogP contribution >= 0.6 is 0 Å². The number of nitrogens with one attached hydrogen (secondary N) is 2. The van der Waals surface area contributed by atoms with Gasteiger partial charge >= 0.3 is 12.1 Å². The number of carbonyl (C=O) groups is 3. The normalized spacial score (nSPS) is 14.0. The molecule has 0 aromatic heterocycles. The summed E-state index contributed by atoms with van der Waals surface area (Å²) in [5, 5.41) is 23.2. The molecule has 0 heterocycles. The molecule has 1 aliphatic carbocycles. The van der Waals surface area contributed by atoms with Gasteiger partial charge in [0.1, 0.15) is 18.7 Å². The Bertz CT molecular complexity index is 947. The van der Waals surface area contributed by atoms with Crippen molar-refractivity contribution in [3.63, 3.8) is 0 Å². The van der Waals surface area contributed by atoms with Gasteiger partial charge < -0.3 is 25.6 Å². The molecule has 8 heteroatoms. The van der Waals surface area contributed by atoms with E-state index in [1.807, 2.05) is 55.5 Å². The van der Waals surface area contributed by atoms with Crippen molar-refractivity contribution < 1.29 is 29.3 Å². The highest BCUT2D eigenvalue weighted by atomic mass is 16.5. The van der Waals surface area contributed by atoms with E-state index in [0.29, 0.717) is 12.8 Å². The summed E-state index contributed by atoms with van der Waals surface area (Å²) in [6, 6.07) is 13.8. The van der Waals surface area contributed by atoms with Crippen molar-refractivity contribution >= 4 is 18.0 Å². The molecular weight excluding hydrogens is 424 g/mol. The molecule has 0 saturated heterocycles. The smallest absolute Gasteiger partial charge is 0.407 e. The van der Waals surface area contributed by atoms with Crippen molar-refractivity contribution in [1.29, 1.82) is 0 Å². The van der Waals surface area contributed by atoms with Crippen LogP contribution in [0.3, 0.4) is 0 Å². The van der Waals surface area contributed by atoms with Gasteiger partial charge in [-0.3, -0.25) is 4.79 Å². The maximum absolute atomic E-state index is 12.6. The van der Waals surface area contributed by atoms with Crippen LogP contribution in [0.2, 0.25) is 0 Å². The van der Waals surface area contributed by atoms with Gasteiger partial charge in [0.05, 0.1) is 0 Å². The van der Waals surface area contributed by atoms with Crippen LogP contribution in [0.5, 0.6) is 0 Å². The first-order valence-electron chi connectivity index (χ1n) is 11.2. The van der Waals surface area contributed by atoms with E-state index in [0.717, 1.165) is 28.7 Å². The monoisotopic (exact) mass is 454 g/mol. The number of carboxylic acid groups (broad SMARTS) is 1. The van der Waals surface area contributed by atoms with Gasteiger partial charge in [-0.1, -0.05) is 68.3 Å². The Morgan fingerprint density at radius 3 is 2.09 bits per heavy atom. The highest BCUT2D eigenvalue weighted by molar-refractivity contribution is 5.89. The lowest BCUT2D eigenvalue weighted by Gasteiger charge is -2.21. The molecular formula is C25H30N2O6. The maximum atomic E-state index is 12.6. The first-order chi connectivity index (χ1) is 16.0. The van der Waals surface area contributed by atoms with E-state index in [2.05, 4.69) is 10.6 Å². The van der Waals surface area contributed by atoms with E-state index in [1.165, 1.54) is 0 Å². The number of carbonyl (C=O) groups excluding carboxylic acids is 2. The van der Waals surface area contributed by atoms with Crippen LogP contribution in [-0.2, 0) is 14.3 Å². The summed E-state index contributed by atoms with van der Waals surface area (Å²) in [4.78, 5) is 36.5. The van der Waals surface area contributed by atoms with E-state index in [9.17, 15) is 19.5 Å². The summed E-state index contributed by atoms with van der Waals surface area (Å²) in [6.45, 7) is 1.69. The number of ether oxygens (including phenoxy) is 1. The third-order valence-electron chi connectivity index (χ3n) is 5.83. The minimum Gasteiger partial charge on any atom is -0.480 e. The van der Waals surface area contributed by atoms with Crippen molar-refractivity contribution in [1.82, 2.24) is 10.6 Å². The second-order valence-electron chi connectivity index (χ2n) is 8.08. The van der Waals surface area contributed by atoms with Gasteiger partial charge in [-0.05, 0) is 28.7 Å². The zero-order chi connectivity index (χ0) is 23.8. The standard InChI is InChI=1S/C25H30N2O6/c1-2-3-12-21(23(29)26-22(13-14-28)24(30)31)27-25(32)33-15-20-18-10-6-4-8-16(18)17-9-5-7-11-19(17)20/h4-11,20-22,28H,2-3,12-15H2,1H3,(H,26,29)(H,27,32)(H,30,31)/t21-,22?/m0/s1. The first kappa shape index (κ1) is 24.3. The maximum Gasteiger partial charge on any atom is 0.407 e. The predicted molar refractivity (Wildman–Crippen MR) is 123 cm³/mol. The van der Waals surface area contributed by atoms with E-state index >= 15 is 0 Å². The highest BCUT2D eigenvalue weighted by Gasteiger charge is 2.30. The lowest BCUT2D eigenvalue weighted by molar-refractivity contribution is -0.142. The topological polar surface area (TPSA) is 125 Å². The Morgan fingerprint density at radius 2 is 1.55 bits per heavy atom. The molecule has 2 aromatic rings. The summed E-state index contributed by atoms with van der Waals surface area (Å²) in [5.74, 6) is -1.96. The molecule has 4 N–H and O–H groups in total. The second-order valence-corrected chi connectivity index (χ2v) is 8.08. The third-order valence-corrected chi connectivity index (χ3v) is 5.83. The minimum absolute atomic E-state index is 0.105. The van der Waals surface area contributed by atoms with Gasteiger partial charge in [-0.2, -0.15) is 0 Å². The molecule has 0 saturated carbocycles. The number of carboxylic acids is 1. The number of rotatable bonds is 11. The average Bonchev–Trinajstić information content (AvgIpc) is 3.13. The number of unbranched alkanes of at least 4 members (excludes halogenated alkanes) is 1. The molecule has 0 radical (unpaired) electrons. The summed E-state index contributed by atoms with van der Waals surface area (Å²) in [5.41, 5.74) is 4.40. The average molecular weight is 455 g/mol. The number of amides is 2. The van der Waals surface area contributed by atoms with Gasteiger partial charge in [0.25, 0.3) is 0 Å². The Kier molecular flexibility index (Phi) is 8.43. The SMILES string of the molecule is CCCC[C@H](NC(=O)OCC1c2ccccc2-c2ccccc21)C(=O)NC(CCO)C(=O)O. The zero-order valence-corrected chi connectivity index (χ0v) is 18.6. The second kappa shape index (κ2) is 11.5. The molecule has 0 fully saturated rings. The molecule has 0 bridgehead atoms. The first-order valence-corrected chi connectivity index (χ1v) is 11.2. The van der Waals surface area contributed by atoms with Crippen LogP contribution in [-0.4, -0.2) is 53.5 Å². The zero-order valence-electron chi connectivity index (χ0n) is 18.6. The molecule has 3 rings (SSSR count). The van der Waals surface area contributed by atoms with Gasteiger partial charge in [-0.25, -0.2) is 9.59 Å². The summed E-state index contributed by atoms with van der Waals surface area (Å²) in [6.07, 6.45) is 0.959. The summed E-state index contributed by atoms with van der Waals surface area (Å²) in [7, 11) is 0. The van der Waals surface area contributed by atoms with Crippen LogP contribution in [0, 0.1) is 0 Å². The fraction of sp³-hybridized carbons (Fsp3) is 0.400. The van der Waals surface area contributed by atoms with Crippen LogP contribution < -0.4 is 10.6 Å². The van der Waals surface area contributed by atoms with Gasteiger partial charge in [0.15, 0.2) is 0 Å². The number of benzene rings is 2. The van der Waals surface area contributed by atoms with Gasteiger partial charge in [-0.15, -0.1) is 0 Å². The Labute approximate surface area is 193 Å². The van der Waals surface area contributed by atoms with Crippen molar-refractivity contribution in [2.45, 2.75) is 50.6 Å². The van der Waals surface area contributed by atoms with Crippen molar-refractivity contribution in [2.75, 3.05) is 13.2 Å². The largest absolute Gasteiger partial charge is 0.480 e. The van der Waals surface area contributed by atoms with Gasteiger partial charge in [0, 0.05) is 18.9 Å². The van der Waals surface area contributed by atoms with E-state index < -0.39 is 30.1 Å². The van der Waals surface area contributed by atoms with Crippen LogP contribution in [0.25, 0.3) is 11.1 Å². The van der Waals surface area contributed by atoms with E-state index in [-0.39, 0.29) is 25.6 Å². The number of aliphatic hydroxyl groups is 1. The van der Waals surface area contributed by atoms with Crippen molar-refractivity contribution in [3.8, 4) is 11.1 Å². The lowest BCUT2D eigenvalue weighted by Crippen LogP contribution is -2.52. The molecule has 2 amide bonds. The molecule has 1 aliphatic rings. The third kappa shape index (κ3) is 5.90. The number of aliphatic carboxylic acids is 1. The molecule has 0 aliphatic heterocycles. The van der Waals surface area contributed by atoms with Gasteiger partial charge in [0.2, 0.25) is 5.91 Å².